The smallest absolute Gasteiger partial charge is 0.339 e. The average Bonchev–Trinajstić information content (AvgIpc) is 2.78. The van der Waals surface area contributed by atoms with Gasteiger partial charge in [-0.3, -0.25) is 0 Å². The van der Waals surface area contributed by atoms with Crippen molar-refractivity contribution in [3.63, 3.8) is 0 Å². The highest BCUT2D eigenvalue weighted by atomic mass is 32.2. The molecule has 1 aromatic heterocycles. The number of aryl methyl sites for hydroxylation is 1. The van der Waals surface area contributed by atoms with E-state index >= 15 is 0 Å². The molecule has 19 heavy (non-hydrogen) atoms. The molecule has 0 fully saturated rings. The minimum Gasteiger partial charge on any atom is -0.462 e. The minimum absolute atomic E-state index is 0.321. The zero-order valence-electron chi connectivity index (χ0n) is 10.7. The van der Waals surface area contributed by atoms with E-state index in [9.17, 15) is 4.79 Å². The Bertz CT molecular complexity index is 597. The van der Waals surface area contributed by atoms with Gasteiger partial charge >= 0.3 is 5.97 Å². The van der Waals surface area contributed by atoms with Crippen LogP contribution in [0.5, 0.6) is 0 Å². The molecule has 7 heteroatoms. The quantitative estimate of drug-likeness (QED) is 0.677. The Morgan fingerprint density at radius 1 is 1.53 bits per heavy atom. The molecule has 2 aromatic rings. The molecular weight excluding hydrogens is 264 g/mol. The van der Waals surface area contributed by atoms with Crippen molar-refractivity contribution in [3.05, 3.63) is 30.1 Å². The van der Waals surface area contributed by atoms with Crippen molar-refractivity contribution in [3.8, 4) is 0 Å². The van der Waals surface area contributed by atoms with Gasteiger partial charge in [0.15, 0.2) is 5.16 Å². The summed E-state index contributed by atoms with van der Waals surface area (Å²) in [4.78, 5) is 16.6. The molecule has 0 saturated heterocycles. The van der Waals surface area contributed by atoms with Crippen LogP contribution in [0.25, 0.3) is 0 Å². The number of ether oxygens (including phenoxy) is 1. The number of aromatic nitrogens is 3. The Morgan fingerprint density at radius 2 is 2.32 bits per heavy atom. The van der Waals surface area contributed by atoms with Gasteiger partial charge < -0.3 is 10.5 Å². The topological polar surface area (TPSA) is 83.0 Å². The summed E-state index contributed by atoms with van der Waals surface area (Å²) in [6.45, 7) is 2.08. The van der Waals surface area contributed by atoms with E-state index in [0.29, 0.717) is 27.9 Å². The number of hydrogen-bond donors (Lipinski definition) is 1. The molecule has 0 unspecified atom stereocenters. The summed E-state index contributed by atoms with van der Waals surface area (Å²) >= 11 is 1.29. The molecular formula is C12H14N4O2S. The van der Waals surface area contributed by atoms with E-state index in [1.807, 2.05) is 0 Å². The van der Waals surface area contributed by atoms with Gasteiger partial charge in [0.25, 0.3) is 0 Å². The molecule has 0 atom stereocenters. The van der Waals surface area contributed by atoms with Crippen molar-refractivity contribution in [2.75, 3.05) is 12.3 Å². The number of nitrogens with two attached hydrogens (primary N) is 1. The lowest BCUT2D eigenvalue weighted by atomic mass is 10.2. The molecule has 0 aliphatic rings. The second kappa shape index (κ2) is 5.75. The summed E-state index contributed by atoms with van der Waals surface area (Å²) in [5.74, 6) is -0.389. The van der Waals surface area contributed by atoms with Crippen LogP contribution in [0.3, 0.4) is 0 Å². The predicted octanol–water partition coefficient (Wildman–Crippen LogP) is 1.73. The summed E-state index contributed by atoms with van der Waals surface area (Å²) in [7, 11) is 1.78. The largest absolute Gasteiger partial charge is 0.462 e. The third kappa shape index (κ3) is 2.87. The molecule has 0 saturated carbocycles. The van der Waals surface area contributed by atoms with E-state index in [1.54, 1.807) is 36.9 Å². The van der Waals surface area contributed by atoms with Crippen LogP contribution >= 0.6 is 11.8 Å². The highest BCUT2D eigenvalue weighted by Crippen LogP contribution is 2.33. The SMILES string of the molecule is CCOC(=O)c1cccc(N)c1Sc1ncnn1C. The van der Waals surface area contributed by atoms with Crippen molar-refractivity contribution in [2.45, 2.75) is 17.0 Å². The number of hydrogen-bond acceptors (Lipinski definition) is 6. The molecule has 0 radical (unpaired) electrons. The van der Waals surface area contributed by atoms with Gasteiger partial charge in [-0.2, -0.15) is 5.10 Å². The van der Waals surface area contributed by atoms with Gasteiger partial charge in [0, 0.05) is 12.7 Å². The Kier molecular flexibility index (Phi) is 4.06. The van der Waals surface area contributed by atoms with E-state index in [0.717, 1.165) is 0 Å². The summed E-state index contributed by atoms with van der Waals surface area (Å²) < 4.78 is 6.64. The molecule has 1 heterocycles. The van der Waals surface area contributed by atoms with E-state index in [4.69, 9.17) is 10.5 Å². The van der Waals surface area contributed by atoms with Crippen molar-refractivity contribution in [1.82, 2.24) is 14.8 Å². The number of rotatable bonds is 4. The van der Waals surface area contributed by atoms with Crippen molar-refractivity contribution >= 4 is 23.4 Å². The molecule has 2 N–H and O–H groups in total. The standard InChI is InChI=1S/C12H14N4O2S/c1-3-18-11(17)8-5-4-6-9(13)10(8)19-12-14-7-15-16(12)2/h4-7H,3,13H2,1-2H3. The summed E-state index contributed by atoms with van der Waals surface area (Å²) in [6, 6.07) is 5.15. The maximum absolute atomic E-state index is 11.9. The monoisotopic (exact) mass is 278 g/mol. The molecule has 0 aliphatic carbocycles. The van der Waals surface area contributed by atoms with Crippen LogP contribution in [0.15, 0.2) is 34.6 Å². The molecule has 0 bridgehead atoms. The van der Waals surface area contributed by atoms with E-state index in [2.05, 4.69) is 10.1 Å². The fraction of sp³-hybridized carbons (Fsp3) is 0.250. The van der Waals surface area contributed by atoms with E-state index < -0.39 is 0 Å². The number of nitrogens with zero attached hydrogens (tertiary/aromatic N) is 3. The lowest BCUT2D eigenvalue weighted by molar-refractivity contribution is 0.0522. The molecule has 2 rings (SSSR count). The van der Waals surface area contributed by atoms with Gasteiger partial charge in [-0.1, -0.05) is 6.07 Å². The van der Waals surface area contributed by atoms with E-state index in [1.165, 1.54) is 18.1 Å². The maximum atomic E-state index is 11.9. The summed E-state index contributed by atoms with van der Waals surface area (Å²) in [5.41, 5.74) is 6.89. The Morgan fingerprint density at radius 3 is 2.95 bits per heavy atom. The molecule has 100 valence electrons. The van der Waals surface area contributed by atoms with Gasteiger partial charge in [-0.15, -0.1) is 0 Å². The lowest BCUT2D eigenvalue weighted by Gasteiger charge is -2.10. The molecule has 0 spiro atoms. The van der Waals surface area contributed by atoms with Crippen molar-refractivity contribution < 1.29 is 9.53 Å². The minimum atomic E-state index is -0.389. The Labute approximate surface area is 115 Å². The first-order valence-electron chi connectivity index (χ1n) is 5.71. The highest BCUT2D eigenvalue weighted by molar-refractivity contribution is 7.99. The number of carbonyl (C=O) groups excluding carboxylic acids is 1. The fourth-order valence-corrected chi connectivity index (χ4v) is 2.42. The molecule has 6 nitrogen and oxygen atoms in total. The number of benzene rings is 1. The van der Waals surface area contributed by atoms with Crippen molar-refractivity contribution in [1.29, 1.82) is 0 Å². The average molecular weight is 278 g/mol. The zero-order valence-corrected chi connectivity index (χ0v) is 11.5. The van der Waals surface area contributed by atoms with E-state index in [-0.39, 0.29) is 5.97 Å². The normalized spacial score (nSPS) is 10.4. The molecule has 0 aliphatic heterocycles. The first kappa shape index (κ1) is 13.4. The van der Waals surface area contributed by atoms with Crippen LogP contribution in [0.1, 0.15) is 17.3 Å². The Balaban J connectivity index is 2.38. The number of anilines is 1. The third-order valence-corrected chi connectivity index (χ3v) is 3.62. The van der Waals surface area contributed by atoms with Crippen molar-refractivity contribution in [2.24, 2.45) is 7.05 Å². The van der Waals surface area contributed by atoms with Crippen LogP contribution in [-0.2, 0) is 11.8 Å². The molecule has 0 amide bonds. The van der Waals surface area contributed by atoms with Gasteiger partial charge in [0.2, 0.25) is 0 Å². The van der Waals surface area contributed by atoms with Gasteiger partial charge in [-0.25, -0.2) is 14.5 Å². The summed E-state index contributed by atoms with van der Waals surface area (Å²) in [5, 5.41) is 4.64. The maximum Gasteiger partial charge on any atom is 0.339 e. The third-order valence-electron chi connectivity index (χ3n) is 2.40. The Hall–Kier alpha value is -2.02. The first-order valence-corrected chi connectivity index (χ1v) is 6.52. The van der Waals surface area contributed by atoms with Crippen LogP contribution in [0, 0.1) is 0 Å². The fourth-order valence-electron chi connectivity index (χ4n) is 1.51. The lowest BCUT2D eigenvalue weighted by Crippen LogP contribution is -2.08. The van der Waals surface area contributed by atoms with Crippen LogP contribution < -0.4 is 5.73 Å². The second-order valence-electron chi connectivity index (χ2n) is 3.71. The van der Waals surface area contributed by atoms with Crippen LogP contribution in [-0.4, -0.2) is 27.3 Å². The summed E-state index contributed by atoms with van der Waals surface area (Å²) in [6.07, 6.45) is 1.45. The number of carbonyl (C=O) groups is 1. The predicted molar refractivity (Wildman–Crippen MR) is 71.9 cm³/mol. The zero-order chi connectivity index (χ0) is 13.8. The van der Waals surface area contributed by atoms with Gasteiger partial charge in [0.05, 0.1) is 17.1 Å². The van der Waals surface area contributed by atoms with Gasteiger partial charge in [-0.05, 0) is 30.8 Å². The number of nitrogen functional groups attached to an aromatic ring is 1. The van der Waals surface area contributed by atoms with Gasteiger partial charge in [0.1, 0.15) is 6.33 Å². The highest BCUT2D eigenvalue weighted by Gasteiger charge is 2.17. The first-order chi connectivity index (χ1) is 9.13. The second-order valence-corrected chi connectivity index (χ2v) is 4.69. The van der Waals surface area contributed by atoms with Crippen LogP contribution in [0.2, 0.25) is 0 Å². The van der Waals surface area contributed by atoms with Crippen LogP contribution in [0.4, 0.5) is 5.69 Å². The number of esters is 1. The molecule has 1 aromatic carbocycles.